The summed E-state index contributed by atoms with van der Waals surface area (Å²) < 4.78 is 0. The lowest BCUT2D eigenvalue weighted by Crippen LogP contribution is -2.42. The van der Waals surface area contributed by atoms with Gasteiger partial charge >= 0.3 is 23.9 Å². The lowest BCUT2D eigenvalue weighted by Gasteiger charge is -2.27. The number of fused-ring (bicyclic) bond motifs is 1. The van der Waals surface area contributed by atoms with Crippen molar-refractivity contribution in [3.63, 3.8) is 0 Å². The van der Waals surface area contributed by atoms with E-state index >= 15 is 0 Å². The Morgan fingerprint density at radius 1 is 0.735 bits per heavy atom. The molecular weight excluding hydrogens is 444 g/mol. The molecule has 0 spiro atoms. The van der Waals surface area contributed by atoms with Crippen molar-refractivity contribution < 1.29 is 39.6 Å². The summed E-state index contributed by atoms with van der Waals surface area (Å²) in [4.78, 5) is 40.8. The summed E-state index contributed by atoms with van der Waals surface area (Å²) in [5.41, 5.74) is 4.74. The van der Waals surface area contributed by atoms with Crippen LogP contribution in [0.2, 0.25) is 0 Å². The zero-order valence-corrected chi connectivity index (χ0v) is 19.0. The van der Waals surface area contributed by atoms with Crippen LogP contribution >= 0.6 is 0 Å². The van der Waals surface area contributed by atoms with E-state index < -0.39 is 23.9 Å². The Balaban J connectivity index is 0.000000304. The Hall–Kier alpha value is -3.50. The minimum absolute atomic E-state index is 0.558. The molecule has 0 unspecified atom stereocenters. The van der Waals surface area contributed by atoms with Crippen molar-refractivity contribution in [2.45, 2.75) is 38.6 Å². The topological polar surface area (TPSA) is 164 Å². The fourth-order valence-electron chi connectivity index (χ4n) is 3.47. The van der Waals surface area contributed by atoms with Crippen LogP contribution in [0.5, 0.6) is 0 Å². The second kappa shape index (κ2) is 16.2. The van der Waals surface area contributed by atoms with Gasteiger partial charge in [-0.05, 0) is 42.4 Å². The van der Waals surface area contributed by atoms with Gasteiger partial charge in [-0.1, -0.05) is 24.6 Å². The zero-order chi connectivity index (χ0) is 25.3. The van der Waals surface area contributed by atoms with E-state index in [2.05, 4.69) is 28.4 Å². The van der Waals surface area contributed by atoms with Gasteiger partial charge in [-0.2, -0.15) is 0 Å². The van der Waals surface area contributed by atoms with Crippen LogP contribution in [-0.4, -0.2) is 75.4 Å². The lowest BCUT2D eigenvalue weighted by molar-refractivity contribution is -0.134. The fourth-order valence-corrected chi connectivity index (χ4v) is 3.47. The number of aryl methyl sites for hydroxylation is 2. The fraction of sp³-hybridized carbons (Fsp3) is 0.417. The lowest BCUT2D eigenvalue weighted by atomic mass is 10.00. The quantitative estimate of drug-likeness (QED) is 0.302. The van der Waals surface area contributed by atoms with Crippen LogP contribution in [0, 0.1) is 0 Å². The van der Waals surface area contributed by atoms with Gasteiger partial charge in [0.1, 0.15) is 0 Å². The van der Waals surface area contributed by atoms with Gasteiger partial charge in [0.05, 0.1) is 0 Å². The minimum atomic E-state index is -1.26. The molecule has 1 fully saturated rings. The van der Waals surface area contributed by atoms with Gasteiger partial charge in [-0.25, -0.2) is 19.2 Å². The van der Waals surface area contributed by atoms with Crippen LogP contribution in [-0.2, 0) is 38.6 Å². The highest BCUT2D eigenvalue weighted by Gasteiger charge is 2.12. The maximum atomic E-state index is 9.55. The van der Waals surface area contributed by atoms with Crippen LogP contribution in [0.4, 0.5) is 0 Å². The Kier molecular flexibility index (Phi) is 13.6. The highest BCUT2D eigenvalue weighted by molar-refractivity contribution is 5.90. The largest absolute Gasteiger partial charge is 0.478 e. The average Bonchev–Trinajstić information content (AvgIpc) is 3.03. The average molecular weight is 477 g/mol. The third-order valence-corrected chi connectivity index (χ3v) is 5.02. The first-order chi connectivity index (χ1) is 16.2. The van der Waals surface area contributed by atoms with E-state index in [9.17, 15) is 19.2 Å². The normalized spacial score (nSPS) is 15.8. The molecule has 0 bridgehead atoms. The number of hydrogen-bond acceptors (Lipinski definition) is 6. The van der Waals surface area contributed by atoms with Crippen LogP contribution in [0.25, 0.3) is 0 Å². The highest BCUT2D eigenvalue weighted by atomic mass is 16.4. The molecule has 0 atom stereocenters. The van der Waals surface area contributed by atoms with Crippen molar-refractivity contribution >= 4 is 23.9 Å². The van der Waals surface area contributed by atoms with Gasteiger partial charge in [0.25, 0.3) is 0 Å². The summed E-state index contributed by atoms with van der Waals surface area (Å²) in [6.45, 7) is 5.80. The monoisotopic (exact) mass is 476 g/mol. The molecule has 0 saturated carbocycles. The number of piperazine rings is 1. The Morgan fingerprint density at radius 2 is 1.21 bits per heavy atom. The van der Waals surface area contributed by atoms with E-state index in [1.807, 2.05) is 0 Å². The highest BCUT2D eigenvalue weighted by Crippen LogP contribution is 2.22. The smallest absolute Gasteiger partial charge is 0.328 e. The number of nitrogens with one attached hydrogen (secondary N) is 1. The SMILES string of the molecule is O=C(O)/C=C\C(=O)O.O=C(O)/C=C\C(=O)O.c1cc2c(cc1CN1CCNCC1)CCCCC2. The summed E-state index contributed by atoms with van der Waals surface area (Å²) in [6.07, 6.45) is 8.99. The molecule has 10 heteroatoms. The molecule has 0 radical (unpaired) electrons. The number of nitrogens with zero attached hydrogens (tertiary/aromatic N) is 1. The van der Waals surface area contributed by atoms with Crippen molar-refractivity contribution in [2.24, 2.45) is 0 Å². The Bertz CT molecular complexity index is 823. The van der Waals surface area contributed by atoms with E-state index in [1.54, 1.807) is 11.1 Å². The zero-order valence-electron chi connectivity index (χ0n) is 19.0. The third kappa shape index (κ3) is 13.8. The Labute approximate surface area is 198 Å². The molecule has 1 aliphatic carbocycles. The van der Waals surface area contributed by atoms with Crippen molar-refractivity contribution in [1.82, 2.24) is 10.2 Å². The molecule has 0 aromatic heterocycles. The molecule has 1 heterocycles. The molecule has 3 rings (SSSR count). The van der Waals surface area contributed by atoms with Crippen LogP contribution in [0.1, 0.15) is 36.0 Å². The number of benzene rings is 1. The number of carboxylic acid groups (broad SMARTS) is 4. The predicted octanol–water partition coefficient (Wildman–Crippen LogP) is 1.78. The molecule has 0 amide bonds. The van der Waals surface area contributed by atoms with Crippen molar-refractivity contribution in [1.29, 1.82) is 0 Å². The van der Waals surface area contributed by atoms with E-state index in [4.69, 9.17) is 20.4 Å². The molecule has 1 saturated heterocycles. The third-order valence-electron chi connectivity index (χ3n) is 5.02. The maximum Gasteiger partial charge on any atom is 0.328 e. The molecule has 10 nitrogen and oxygen atoms in total. The Morgan fingerprint density at radius 3 is 1.68 bits per heavy atom. The van der Waals surface area contributed by atoms with Crippen LogP contribution in [0.15, 0.2) is 42.5 Å². The number of aliphatic carboxylic acids is 4. The first-order valence-corrected chi connectivity index (χ1v) is 11.0. The summed E-state index contributed by atoms with van der Waals surface area (Å²) in [5, 5.41) is 34.7. The van der Waals surface area contributed by atoms with Gasteiger partial charge in [0.15, 0.2) is 0 Å². The van der Waals surface area contributed by atoms with Crippen molar-refractivity contribution in [3.8, 4) is 0 Å². The maximum absolute atomic E-state index is 9.55. The standard InChI is InChI=1S/C16H24N2.2C4H4O4/c1-2-4-15-7-6-14(12-16(15)5-3-1)13-18-10-8-17-9-11-18;2*5-3(6)1-2-4(7)8/h6-7,12,17H,1-5,8-11,13H2;2*1-2H,(H,5,6)(H,7,8)/b;2*2-1-. The van der Waals surface area contributed by atoms with Gasteiger partial charge < -0.3 is 25.7 Å². The predicted molar refractivity (Wildman–Crippen MR) is 125 cm³/mol. The van der Waals surface area contributed by atoms with Crippen molar-refractivity contribution in [3.05, 3.63) is 59.2 Å². The molecule has 1 aliphatic heterocycles. The second-order valence-electron chi connectivity index (χ2n) is 7.71. The first kappa shape index (κ1) is 28.5. The molecule has 34 heavy (non-hydrogen) atoms. The molecule has 5 N–H and O–H groups in total. The van der Waals surface area contributed by atoms with Gasteiger partial charge in [0, 0.05) is 57.0 Å². The number of carboxylic acids is 4. The number of rotatable bonds is 6. The van der Waals surface area contributed by atoms with E-state index in [-0.39, 0.29) is 0 Å². The molecule has 1 aromatic rings. The van der Waals surface area contributed by atoms with E-state index in [0.29, 0.717) is 24.3 Å². The van der Waals surface area contributed by atoms with Gasteiger partial charge in [0.2, 0.25) is 0 Å². The van der Waals surface area contributed by atoms with E-state index in [0.717, 1.165) is 19.6 Å². The molecule has 1 aromatic carbocycles. The van der Waals surface area contributed by atoms with Crippen LogP contribution in [0.3, 0.4) is 0 Å². The summed E-state index contributed by atoms with van der Waals surface area (Å²) in [7, 11) is 0. The summed E-state index contributed by atoms with van der Waals surface area (Å²) in [5.74, 6) is -5.03. The second-order valence-corrected chi connectivity index (χ2v) is 7.71. The van der Waals surface area contributed by atoms with E-state index in [1.165, 1.54) is 50.8 Å². The first-order valence-electron chi connectivity index (χ1n) is 11.0. The van der Waals surface area contributed by atoms with Crippen molar-refractivity contribution in [2.75, 3.05) is 26.2 Å². The molecule has 186 valence electrons. The van der Waals surface area contributed by atoms with Gasteiger partial charge in [-0.3, -0.25) is 4.90 Å². The minimum Gasteiger partial charge on any atom is -0.478 e. The molecule has 2 aliphatic rings. The summed E-state index contributed by atoms with van der Waals surface area (Å²) in [6, 6.07) is 7.22. The number of hydrogen-bond donors (Lipinski definition) is 5. The number of carbonyl (C=O) groups is 4. The van der Waals surface area contributed by atoms with Gasteiger partial charge in [-0.15, -0.1) is 0 Å². The summed E-state index contributed by atoms with van der Waals surface area (Å²) >= 11 is 0. The van der Waals surface area contributed by atoms with Crippen LogP contribution < -0.4 is 5.32 Å². The molecular formula is C24H32N2O8.